The van der Waals surface area contributed by atoms with Crippen LogP contribution in [0.2, 0.25) is 0 Å². The van der Waals surface area contributed by atoms with Gasteiger partial charge in [0.25, 0.3) is 0 Å². The number of carbonyl (C=O) groups is 1. The largest absolute Gasteiger partial charge is 0.395 e. The van der Waals surface area contributed by atoms with E-state index in [1.807, 2.05) is 6.92 Å². The highest BCUT2D eigenvalue weighted by atomic mass is 16.5. The zero-order chi connectivity index (χ0) is 11.3. The lowest BCUT2D eigenvalue weighted by molar-refractivity contribution is -0.137. The van der Waals surface area contributed by atoms with E-state index < -0.39 is 0 Å². The summed E-state index contributed by atoms with van der Waals surface area (Å²) in [5.74, 6) is 0.619. The molecule has 1 atom stereocenters. The van der Waals surface area contributed by atoms with E-state index in [-0.39, 0.29) is 18.4 Å². The number of ether oxygens (including phenoxy) is 1. The van der Waals surface area contributed by atoms with Gasteiger partial charge < -0.3 is 14.7 Å². The van der Waals surface area contributed by atoms with E-state index in [1.54, 1.807) is 11.9 Å². The van der Waals surface area contributed by atoms with Gasteiger partial charge in [-0.15, -0.1) is 0 Å². The maximum absolute atomic E-state index is 11.9. The van der Waals surface area contributed by atoms with Crippen molar-refractivity contribution in [2.45, 2.75) is 19.8 Å². The predicted octanol–water partition coefficient (Wildman–Crippen LogP) is 0.500. The molecule has 1 unspecified atom stereocenters. The predicted molar refractivity (Wildman–Crippen MR) is 57.4 cm³/mol. The van der Waals surface area contributed by atoms with Gasteiger partial charge >= 0.3 is 0 Å². The number of hydrogen-bond acceptors (Lipinski definition) is 3. The van der Waals surface area contributed by atoms with E-state index in [0.29, 0.717) is 12.5 Å². The molecule has 1 saturated heterocycles. The molecular weight excluding hydrogens is 194 g/mol. The Morgan fingerprint density at radius 1 is 1.53 bits per heavy atom. The summed E-state index contributed by atoms with van der Waals surface area (Å²) < 4.78 is 5.27. The number of amides is 1. The molecule has 4 nitrogen and oxygen atoms in total. The highest BCUT2D eigenvalue weighted by Gasteiger charge is 2.27. The molecule has 1 aliphatic heterocycles. The fraction of sp³-hybridized carbons (Fsp3) is 0.909. The summed E-state index contributed by atoms with van der Waals surface area (Å²) in [4.78, 5) is 13.5. The molecule has 0 bridgehead atoms. The molecule has 0 saturated carbocycles. The SMILES string of the molecule is CC(C(=O)N(C)CCO)C1CCOCC1. The first-order chi connectivity index (χ1) is 7.16. The molecule has 1 fully saturated rings. The third kappa shape index (κ3) is 3.47. The van der Waals surface area contributed by atoms with Crippen LogP contribution in [0.25, 0.3) is 0 Å². The van der Waals surface area contributed by atoms with Crippen LogP contribution < -0.4 is 0 Å². The smallest absolute Gasteiger partial charge is 0.225 e. The number of aliphatic hydroxyl groups excluding tert-OH is 1. The van der Waals surface area contributed by atoms with Gasteiger partial charge in [0.05, 0.1) is 6.61 Å². The van der Waals surface area contributed by atoms with Crippen molar-refractivity contribution in [3.63, 3.8) is 0 Å². The van der Waals surface area contributed by atoms with Gasteiger partial charge in [0, 0.05) is 32.7 Å². The molecule has 0 aromatic rings. The third-order valence-electron chi connectivity index (χ3n) is 3.17. The van der Waals surface area contributed by atoms with E-state index in [9.17, 15) is 4.79 Å². The van der Waals surface area contributed by atoms with Crippen LogP contribution in [-0.2, 0) is 9.53 Å². The van der Waals surface area contributed by atoms with Gasteiger partial charge in [0.1, 0.15) is 0 Å². The molecule has 1 rings (SSSR count). The van der Waals surface area contributed by atoms with Crippen LogP contribution in [0.3, 0.4) is 0 Å². The molecule has 0 spiro atoms. The summed E-state index contributed by atoms with van der Waals surface area (Å²) in [6.07, 6.45) is 1.94. The van der Waals surface area contributed by atoms with Crippen LogP contribution in [0.1, 0.15) is 19.8 Å². The first-order valence-electron chi connectivity index (χ1n) is 5.60. The zero-order valence-electron chi connectivity index (χ0n) is 9.61. The van der Waals surface area contributed by atoms with Gasteiger partial charge in [0.2, 0.25) is 5.91 Å². The summed E-state index contributed by atoms with van der Waals surface area (Å²) in [5, 5.41) is 8.76. The molecule has 4 heteroatoms. The highest BCUT2D eigenvalue weighted by molar-refractivity contribution is 5.78. The maximum Gasteiger partial charge on any atom is 0.225 e. The van der Waals surface area contributed by atoms with E-state index >= 15 is 0 Å². The summed E-state index contributed by atoms with van der Waals surface area (Å²) in [7, 11) is 1.74. The highest BCUT2D eigenvalue weighted by Crippen LogP contribution is 2.24. The molecule has 0 aliphatic carbocycles. The number of hydrogen-bond donors (Lipinski definition) is 1. The van der Waals surface area contributed by atoms with E-state index in [0.717, 1.165) is 26.1 Å². The van der Waals surface area contributed by atoms with Crippen molar-refractivity contribution >= 4 is 5.91 Å². The number of likely N-dealkylation sites (N-methyl/N-ethyl adjacent to an activating group) is 1. The molecule has 1 heterocycles. The monoisotopic (exact) mass is 215 g/mol. The summed E-state index contributed by atoms with van der Waals surface area (Å²) in [5.41, 5.74) is 0. The van der Waals surface area contributed by atoms with Crippen LogP contribution in [0.5, 0.6) is 0 Å². The first kappa shape index (κ1) is 12.5. The van der Waals surface area contributed by atoms with Crippen molar-refractivity contribution in [3.8, 4) is 0 Å². The van der Waals surface area contributed by atoms with Crippen molar-refractivity contribution in [2.24, 2.45) is 11.8 Å². The molecule has 0 aromatic heterocycles. The lowest BCUT2D eigenvalue weighted by Gasteiger charge is -2.29. The molecule has 1 N–H and O–H groups in total. The average molecular weight is 215 g/mol. The molecule has 15 heavy (non-hydrogen) atoms. The fourth-order valence-electron chi connectivity index (χ4n) is 2.03. The lowest BCUT2D eigenvalue weighted by atomic mass is 9.86. The van der Waals surface area contributed by atoms with Crippen LogP contribution >= 0.6 is 0 Å². The summed E-state index contributed by atoms with van der Waals surface area (Å²) >= 11 is 0. The molecule has 0 radical (unpaired) electrons. The van der Waals surface area contributed by atoms with Gasteiger partial charge in [-0.25, -0.2) is 0 Å². The van der Waals surface area contributed by atoms with Gasteiger partial charge in [-0.3, -0.25) is 4.79 Å². The van der Waals surface area contributed by atoms with Crippen molar-refractivity contribution in [3.05, 3.63) is 0 Å². The Labute approximate surface area is 91.2 Å². The third-order valence-corrected chi connectivity index (χ3v) is 3.17. The van der Waals surface area contributed by atoms with Crippen LogP contribution in [-0.4, -0.2) is 49.3 Å². The Hall–Kier alpha value is -0.610. The Kier molecular flexibility index (Phi) is 5.05. The zero-order valence-corrected chi connectivity index (χ0v) is 9.61. The molecule has 0 aromatic carbocycles. The normalized spacial score (nSPS) is 19.9. The fourth-order valence-corrected chi connectivity index (χ4v) is 2.03. The molecule has 1 aliphatic rings. The Bertz CT molecular complexity index is 202. The van der Waals surface area contributed by atoms with E-state index in [1.165, 1.54) is 0 Å². The van der Waals surface area contributed by atoms with Crippen LogP contribution in [0.15, 0.2) is 0 Å². The van der Waals surface area contributed by atoms with Gasteiger partial charge in [-0.1, -0.05) is 6.92 Å². The topological polar surface area (TPSA) is 49.8 Å². The average Bonchev–Trinajstić information content (AvgIpc) is 2.28. The lowest BCUT2D eigenvalue weighted by Crippen LogP contribution is -2.38. The minimum absolute atomic E-state index is 0.0305. The Morgan fingerprint density at radius 2 is 2.13 bits per heavy atom. The van der Waals surface area contributed by atoms with E-state index in [4.69, 9.17) is 9.84 Å². The Balaban J connectivity index is 2.43. The van der Waals surface area contributed by atoms with Crippen molar-refractivity contribution in [1.82, 2.24) is 4.90 Å². The minimum atomic E-state index is 0.0305. The van der Waals surface area contributed by atoms with Crippen LogP contribution in [0.4, 0.5) is 0 Å². The number of nitrogens with zero attached hydrogens (tertiary/aromatic N) is 1. The first-order valence-corrected chi connectivity index (χ1v) is 5.60. The number of carbonyl (C=O) groups excluding carboxylic acids is 1. The molecule has 1 amide bonds. The van der Waals surface area contributed by atoms with Crippen molar-refractivity contribution < 1.29 is 14.6 Å². The standard InChI is InChI=1S/C11H21NO3/c1-9(10-3-7-15-8-4-10)11(14)12(2)5-6-13/h9-10,13H,3-8H2,1-2H3. The summed E-state index contributed by atoms with van der Waals surface area (Å²) in [6.45, 7) is 3.97. The van der Waals surface area contributed by atoms with Crippen molar-refractivity contribution in [2.75, 3.05) is 33.4 Å². The molecular formula is C11H21NO3. The van der Waals surface area contributed by atoms with Gasteiger partial charge in [-0.05, 0) is 18.8 Å². The maximum atomic E-state index is 11.9. The summed E-state index contributed by atoms with van der Waals surface area (Å²) in [6, 6.07) is 0. The second-order valence-electron chi connectivity index (χ2n) is 4.22. The quantitative estimate of drug-likeness (QED) is 0.743. The minimum Gasteiger partial charge on any atom is -0.395 e. The van der Waals surface area contributed by atoms with Crippen LogP contribution in [0, 0.1) is 11.8 Å². The van der Waals surface area contributed by atoms with Crippen molar-refractivity contribution in [1.29, 1.82) is 0 Å². The van der Waals surface area contributed by atoms with Gasteiger partial charge in [0.15, 0.2) is 0 Å². The number of rotatable bonds is 4. The number of aliphatic hydroxyl groups is 1. The second-order valence-corrected chi connectivity index (χ2v) is 4.22. The Morgan fingerprint density at radius 3 is 2.67 bits per heavy atom. The second kappa shape index (κ2) is 6.08. The van der Waals surface area contributed by atoms with E-state index in [2.05, 4.69) is 0 Å². The molecule has 88 valence electrons. The van der Waals surface area contributed by atoms with Gasteiger partial charge in [-0.2, -0.15) is 0 Å².